The summed E-state index contributed by atoms with van der Waals surface area (Å²) in [5.41, 5.74) is -7.81. The fourth-order valence-corrected chi connectivity index (χ4v) is 3.86. The molecule has 120 valence electrons. The van der Waals surface area contributed by atoms with E-state index in [2.05, 4.69) is 8.92 Å². The van der Waals surface area contributed by atoms with Crippen molar-refractivity contribution in [2.24, 2.45) is 16.7 Å². The molecule has 2 atom stereocenters. The van der Waals surface area contributed by atoms with Gasteiger partial charge in [-0.15, -0.1) is 0 Å². The van der Waals surface area contributed by atoms with Crippen molar-refractivity contribution in [1.82, 2.24) is 0 Å². The molecule has 0 spiro atoms. The van der Waals surface area contributed by atoms with Crippen LogP contribution in [0.4, 0.5) is 13.2 Å². The summed E-state index contributed by atoms with van der Waals surface area (Å²) in [7, 11) is -4.70. The van der Waals surface area contributed by atoms with Crippen LogP contribution in [0.5, 0.6) is 0 Å². The Bertz CT molecular complexity index is 605. The average Bonchev–Trinajstić information content (AvgIpc) is 2.71. The van der Waals surface area contributed by atoms with Crippen molar-refractivity contribution in [2.45, 2.75) is 32.2 Å². The summed E-state index contributed by atoms with van der Waals surface area (Å²) in [5.74, 6) is -1.50. The zero-order chi connectivity index (χ0) is 16.3. The minimum absolute atomic E-state index is 0.191. The van der Waals surface area contributed by atoms with E-state index in [1.165, 1.54) is 6.08 Å². The third kappa shape index (κ3) is 1.96. The summed E-state index contributed by atoms with van der Waals surface area (Å²) in [6.45, 7) is 3.38. The molecule has 1 saturated carbocycles. The van der Waals surface area contributed by atoms with Gasteiger partial charge in [-0.25, -0.2) is 0 Å². The smallest absolute Gasteiger partial charge is 0.468 e. The van der Waals surface area contributed by atoms with E-state index in [-0.39, 0.29) is 12.3 Å². The molecule has 0 aromatic rings. The molecule has 0 radical (unpaired) electrons. The summed E-state index contributed by atoms with van der Waals surface area (Å²) in [6, 6.07) is 0. The van der Waals surface area contributed by atoms with Crippen molar-refractivity contribution in [3.63, 3.8) is 0 Å². The van der Waals surface area contributed by atoms with Crippen molar-refractivity contribution in [1.29, 1.82) is 0 Å². The molecule has 0 heterocycles. The first kappa shape index (κ1) is 16.1. The van der Waals surface area contributed by atoms with E-state index >= 15 is 0 Å². The van der Waals surface area contributed by atoms with Crippen molar-refractivity contribution in [2.75, 3.05) is 7.11 Å². The Balaban J connectivity index is 2.47. The Labute approximate surface area is 120 Å². The van der Waals surface area contributed by atoms with Gasteiger partial charge in [-0.05, 0) is 30.3 Å². The molecule has 0 aromatic carbocycles. The molecule has 0 saturated heterocycles. The van der Waals surface area contributed by atoms with Gasteiger partial charge in [0.1, 0.15) is 11.2 Å². The van der Waals surface area contributed by atoms with Gasteiger partial charge in [0, 0.05) is 0 Å². The maximum absolute atomic E-state index is 12.5. The number of carbonyl (C=O) groups is 1. The van der Waals surface area contributed by atoms with Gasteiger partial charge >= 0.3 is 21.6 Å². The van der Waals surface area contributed by atoms with Crippen molar-refractivity contribution in [3.8, 4) is 0 Å². The third-order valence-corrected chi connectivity index (χ3v) is 5.61. The Kier molecular flexibility index (Phi) is 3.36. The minimum Gasteiger partial charge on any atom is -0.468 e. The van der Waals surface area contributed by atoms with Crippen molar-refractivity contribution in [3.05, 3.63) is 11.8 Å². The highest BCUT2D eigenvalue weighted by Gasteiger charge is 2.68. The van der Waals surface area contributed by atoms with Gasteiger partial charge in [-0.1, -0.05) is 13.8 Å². The number of rotatable bonds is 3. The van der Waals surface area contributed by atoms with Crippen LogP contribution in [0.1, 0.15) is 26.7 Å². The van der Waals surface area contributed by atoms with Gasteiger partial charge in [0.15, 0.2) is 0 Å². The van der Waals surface area contributed by atoms with Gasteiger partial charge in [-0.2, -0.15) is 21.6 Å². The Morgan fingerprint density at radius 1 is 1.38 bits per heavy atom. The molecule has 9 heteroatoms. The monoisotopic (exact) mass is 328 g/mol. The second-order valence-electron chi connectivity index (χ2n) is 5.78. The molecule has 2 aliphatic carbocycles. The van der Waals surface area contributed by atoms with Gasteiger partial charge in [-0.3, -0.25) is 4.79 Å². The lowest BCUT2D eigenvalue weighted by atomic mass is 9.68. The highest BCUT2D eigenvalue weighted by molar-refractivity contribution is 7.87. The molecule has 2 rings (SSSR count). The number of hydrogen-bond donors (Lipinski definition) is 0. The molecule has 0 aromatic heterocycles. The third-order valence-electron chi connectivity index (χ3n) is 4.65. The van der Waals surface area contributed by atoms with E-state index in [0.717, 1.165) is 7.11 Å². The second kappa shape index (κ2) is 4.37. The summed E-state index contributed by atoms with van der Waals surface area (Å²) in [5, 5.41) is 0. The number of hydrogen-bond acceptors (Lipinski definition) is 5. The van der Waals surface area contributed by atoms with Crippen LogP contribution in [0, 0.1) is 16.7 Å². The number of esters is 1. The lowest BCUT2D eigenvalue weighted by Gasteiger charge is -2.36. The number of carbonyl (C=O) groups excluding carboxylic acids is 1. The van der Waals surface area contributed by atoms with Crippen LogP contribution in [0.25, 0.3) is 0 Å². The largest absolute Gasteiger partial charge is 0.534 e. The van der Waals surface area contributed by atoms with E-state index < -0.39 is 38.2 Å². The molecule has 2 bridgehead atoms. The van der Waals surface area contributed by atoms with Gasteiger partial charge in [0.05, 0.1) is 7.11 Å². The molecule has 0 aliphatic heterocycles. The van der Waals surface area contributed by atoms with E-state index in [1.54, 1.807) is 13.8 Å². The van der Waals surface area contributed by atoms with Crippen molar-refractivity contribution >= 4 is 16.1 Å². The highest BCUT2D eigenvalue weighted by atomic mass is 32.2. The zero-order valence-electron chi connectivity index (χ0n) is 11.7. The van der Waals surface area contributed by atoms with E-state index in [4.69, 9.17) is 0 Å². The fourth-order valence-electron chi connectivity index (χ4n) is 3.33. The lowest BCUT2D eigenvalue weighted by Crippen LogP contribution is -2.43. The van der Waals surface area contributed by atoms with Crippen LogP contribution in [0.15, 0.2) is 11.8 Å². The van der Waals surface area contributed by atoms with Gasteiger partial charge < -0.3 is 8.92 Å². The topological polar surface area (TPSA) is 69.7 Å². The van der Waals surface area contributed by atoms with Crippen LogP contribution in [-0.4, -0.2) is 27.0 Å². The SMILES string of the molecule is COC(=O)C12CCC(C=C1OS(=O)(=O)C(F)(F)F)C2(C)C. The second-order valence-corrected chi connectivity index (χ2v) is 7.32. The van der Waals surface area contributed by atoms with Crippen LogP contribution in [0.3, 0.4) is 0 Å². The Morgan fingerprint density at radius 2 is 1.95 bits per heavy atom. The molecular weight excluding hydrogens is 313 g/mol. The molecular formula is C12H15F3O5S. The number of allylic oxidation sites excluding steroid dienone is 1. The van der Waals surface area contributed by atoms with Crippen LogP contribution in [0.2, 0.25) is 0 Å². The molecule has 2 unspecified atom stereocenters. The molecule has 21 heavy (non-hydrogen) atoms. The average molecular weight is 328 g/mol. The first-order valence-corrected chi connectivity index (χ1v) is 7.62. The van der Waals surface area contributed by atoms with Crippen LogP contribution >= 0.6 is 0 Å². The normalized spacial score (nSPS) is 31.0. The Morgan fingerprint density at radius 3 is 2.38 bits per heavy atom. The number of alkyl halides is 3. The maximum atomic E-state index is 12.5. The molecule has 5 nitrogen and oxygen atoms in total. The summed E-state index contributed by atoms with van der Waals surface area (Å²) >= 11 is 0. The van der Waals surface area contributed by atoms with Gasteiger partial charge in [0.2, 0.25) is 0 Å². The zero-order valence-corrected chi connectivity index (χ0v) is 12.5. The fraction of sp³-hybridized carbons (Fsp3) is 0.750. The lowest BCUT2D eigenvalue weighted by molar-refractivity contribution is -0.157. The first-order valence-electron chi connectivity index (χ1n) is 6.21. The molecule has 1 fully saturated rings. The number of halogens is 3. The molecule has 0 N–H and O–H groups in total. The molecule has 2 aliphatic rings. The minimum atomic E-state index is -5.81. The van der Waals surface area contributed by atoms with E-state index in [1.807, 2.05) is 0 Å². The first-order chi connectivity index (χ1) is 9.40. The number of ether oxygens (including phenoxy) is 1. The number of fused-ring (bicyclic) bond motifs is 2. The summed E-state index contributed by atoms with van der Waals surface area (Å²) in [4.78, 5) is 12.1. The van der Waals surface area contributed by atoms with E-state index in [0.29, 0.717) is 6.42 Å². The maximum Gasteiger partial charge on any atom is 0.534 e. The molecule has 0 amide bonds. The number of methoxy groups -OCH3 is 1. The van der Waals surface area contributed by atoms with Crippen LogP contribution in [-0.2, 0) is 23.8 Å². The van der Waals surface area contributed by atoms with E-state index in [9.17, 15) is 26.4 Å². The Hall–Kier alpha value is -1.25. The standard InChI is InChI=1S/C12H15F3O5S/c1-10(2)7-4-5-11(10,9(16)19-3)8(6-7)20-21(17,18)12(13,14)15/h6-7H,4-5H2,1-3H3. The predicted molar refractivity (Wildman–Crippen MR) is 65.1 cm³/mol. The quantitative estimate of drug-likeness (QED) is 0.452. The summed E-state index contributed by atoms with van der Waals surface area (Å²) < 4.78 is 68.8. The predicted octanol–water partition coefficient (Wildman–Crippen LogP) is 2.35. The van der Waals surface area contributed by atoms with Gasteiger partial charge in [0.25, 0.3) is 0 Å². The van der Waals surface area contributed by atoms with Crippen LogP contribution < -0.4 is 0 Å². The van der Waals surface area contributed by atoms with Crippen molar-refractivity contribution < 1.29 is 35.3 Å². The highest BCUT2D eigenvalue weighted by Crippen LogP contribution is 2.66. The summed E-state index contributed by atoms with van der Waals surface area (Å²) in [6.07, 6.45) is 2.04.